The number of carbonyl (C=O) groups excluding carboxylic acids is 1. The lowest BCUT2D eigenvalue weighted by molar-refractivity contribution is -0.122. The number of nitrogens with zero attached hydrogens (tertiary/aromatic N) is 2. The minimum absolute atomic E-state index is 0.0843. The fourth-order valence-corrected chi connectivity index (χ4v) is 4.46. The van der Waals surface area contributed by atoms with E-state index in [1.807, 2.05) is 0 Å². The number of likely N-dealkylation sites (tertiary alicyclic amines) is 1. The Morgan fingerprint density at radius 3 is 2.57 bits per heavy atom. The molecule has 162 valence electrons. The van der Waals surface area contributed by atoms with Crippen molar-refractivity contribution in [1.29, 1.82) is 0 Å². The number of nitrogens with one attached hydrogen (secondary N) is 1. The van der Waals surface area contributed by atoms with E-state index in [1.165, 1.54) is 27.8 Å². The highest BCUT2D eigenvalue weighted by Crippen LogP contribution is 2.38. The average Bonchev–Trinajstić information content (AvgIpc) is 3.20. The van der Waals surface area contributed by atoms with Gasteiger partial charge in [-0.2, -0.15) is 0 Å². The normalized spacial score (nSPS) is 18.7. The molecule has 30 heavy (non-hydrogen) atoms. The van der Waals surface area contributed by atoms with Crippen molar-refractivity contribution in [3.63, 3.8) is 0 Å². The molecule has 0 aliphatic carbocycles. The van der Waals surface area contributed by atoms with Crippen molar-refractivity contribution in [2.75, 3.05) is 19.6 Å². The summed E-state index contributed by atoms with van der Waals surface area (Å²) in [5.41, 5.74) is 2.43. The van der Waals surface area contributed by atoms with Gasteiger partial charge in [-0.25, -0.2) is 0 Å². The van der Waals surface area contributed by atoms with E-state index in [0.29, 0.717) is 12.5 Å². The van der Waals surface area contributed by atoms with Crippen LogP contribution in [-0.4, -0.2) is 50.8 Å². The molecule has 3 heterocycles. The van der Waals surface area contributed by atoms with Crippen LogP contribution in [0.5, 0.6) is 17.5 Å². The Morgan fingerprint density at radius 1 is 1.17 bits per heavy atom. The van der Waals surface area contributed by atoms with Crippen molar-refractivity contribution in [2.24, 2.45) is 5.92 Å². The van der Waals surface area contributed by atoms with Gasteiger partial charge in [-0.15, -0.1) is 0 Å². The molecule has 2 aromatic rings. The second-order valence-electron chi connectivity index (χ2n) is 9.10. The van der Waals surface area contributed by atoms with E-state index in [1.54, 1.807) is 0 Å². The van der Waals surface area contributed by atoms with Crippen molar-refractivity contribution in [3.05, 3.63) is 41.5 Å². The molecule has 0 spiro atoms. The number of carbonyl (C=O) groups is 1. The first-order chi connectivity index (χ1) is 14.3. The summed E-state index contributed by atoms with van der Waals surface area (Å²) in [7, 11) is 0. The van der Waals surface area contributed by atoms with Crippen molar-refractivity contribution in [1.82, 2.24) is 14.8 Å². The molecule has 1 saturated heterocycles. The fourth-order valence-electron chi connectivity index (χ4n) is 4.46. The fraction of sp³-hybridized carbons (Fsp3) is 0.522. The summed E-state index contributed by atoms with van der Waals surface area (Å²) in [6, 6.07) is 9.19. The monoisotopic (exact) mass is 413 g/mol. The predicted molar refractivity (Wildman–Crippen MR) is 114 cm³/mol. The van der Waals surface area contributed by atoms with Crippen LogP contribution in [0.1, 0.15) is 37.8 Å². The summed E-state index contributed by atoms with van der Waals surface area (Å²) in [6.07, 6.45) is 3.01. The molecule has 1 amide bonds. The minimum Gasteiger partial charge on any atom is -0.494 e. The molecule has 0 bridgehead atoms. The van der Waals surface area contributed by atoms with E-state index in [9.17, 15) is 15.0 Å². The van der Waals surface area contributed by atoms with E-state index in [0.717, 1.165) is 44.6 Å². The van der Waals surface area contributed by atoms with Gasteiger partial charge in [0.1, 0.15) is 17.9 Å². The number of hydrogen-bond donors (Lipinski definition) is 3. The highest BCUT2D eigenvalue weighted by atomic mass is 16.5. The lowest BCUT2D eigenvalue weighted by Crippen LogP contribution is -2.39. The van der Waals surface area contributed by atoms with Crippen LogP contribution in [-0.2, 0) is 24.3 Å². The largest absolute Gasteiger partial charge is 0.494 e. The molecule has 2 aliphatic heterocycles. The molecule has 0 atom stereocenters. The molecule has 7 heteroatoms. The molecule has 2 aliphatic rings. The third kappa shape index (κ3) is 4.56. The summed E-state index contributed by atoms with van der Waals surface area (Å²) < 4.78 is 7.38. The van der Waals surface area contributed by atoms with E-state index in [4.69, 9.17) is 4.74 Å². The van der Waals surface area contributed by atoms with Crippen molar-refractivity contribution < 1.29 is 19.7 Å². The Balaban J connectivity index is 1.23. The maximum absolute atomic E-state index is 12.1. The van der Waals surface area contributed by atoms with Gasteiger partial charge in [0.25, 0.3) is 0 Å². The molecular weight excluding hydrogens is 382 g/mol. The summed E-state index contributed by atoms with van der Waals surface area (Å²) >= 11 is 0. The van der Waals surface area contributed by atoms with Gasteiger partial charge in [0.2, 0.25) is 5.91 Å². The molecular formula is C23H31N3O4. The Labute approximate surface area is 177 Å². The van der Waals surface area contributed by atoms with Gasteiger partial charge in [-0.05, 0) is 51.3 Å². The summed E-state index contributed by atoms with van der Waals surface area (Å²) in [5, 5.41) is 22.2. The minimum atomic E-state index is -0.209. The lowest BCUT2D eigenvalue weighted by atomic mass is 9.96. The number of amides is 1. The Bertz CT molecular complexity index is 894. The zero-order valence-corrected chi connectivity index (χ0v) is 17.7. The predicted octanol–water partition coefficient (Wildman–Crippen LogP) is 2.64. The van der Waals surface area contributed by atoms with Gasteiger partial charge in [0, 0.05) is 37.2 Å². The maximum Gasteiger partial charge on any atom is 0.240 e. The van der Waals surface area contributed by atoms with E-state index < -0.39 is 0 Å². The van der Waals surface area contributed by atoms with Gasteiger partial charge in [0.05, 0.1) is 0 Å². The Kier molecular flexibility index (Phi) is 5.64. The number of piperidine rings is 1. The van der Waals surface area contributed by atoms with Crippen LogP contribution in [0.2, 0.25) is 0 Å². The SMILES string of the molecule is CC1(C)Cc2cccc(CN3CCC(CNC(=O)Cn4c(O)ccc4O)CC3)c2O1. The van der Waals surface area contributed by atoms with Gasteiger partial charge < -0.3 is 20.3 Å². The number of benzene rings is 1. The average molecular weight is 414 g/mol. The molecule has 1 aromatic carbocycles. The lowest BCUT2D eigenvalue weighted by Gasteiger charge is -2.32. The van der Waals surface area contributed by atoms with Crippen LogP contribution in [0.4, 0.5) is 0 Å². The third-order valence-electron chi connectivity index (χ3n) is 6.10. The first-order valence-electron chi connectivity index (χ1n) is 10.7. The molecule has 0 radical (unpaired) electrons. The summed E-state index contributed by atoms with van der Waals surface area (Å²) in [4.78, 5) is 14.6. The molecule has 7 nitrogen and oxygen atoms in total. The van der Waals surface area contributed by atoms with Crippen LogP contribution in [0.25, 0.3) is 0 Å². The highest BCUT2D eigenvalue weighted by molar-refractivity contribution is 5.76. The molecule has 1 aromatic heterocycles. The van der Waals surface area contributed by atoms with Crippen LogP contribution in [0.3, 0.4) is 0 Å². The molecule has 3 N–H and O–H groups in total. The second kappa shape index (κ2) is 8.22. The number of hydrogen-bond acceptors (Lipinski definition) is 5. The smallest absolute Gasteiger partial charge is 0.240 e. The van der Waals surface area contributed by atoms with Crippen molar-refractivity contribution >= 4 is 5.91 Å². The molecule has 0 saturated carbocycles. The van der Waals surface area contributed by atoms with Gasteiger partial charge in [0.15, 0.2) is 11.8 Å². The summed E-state index contributed by atoms with van der Waals surface area (Å²) in [5.74, 6) is 1.06. The van der Waals surface area contributed by atoms with E-state index in [-0.39, 0.29) is 29.8 Å². The van der Waals surface area contributed by atoms with E-state index in [2.05, 4.69) is 42.3 Å². The Morgan fingerprint density at radius 2 is 1.87 bits per heavy atom. The molecule has 1 fully saturated rings. The molecule has 4 rings (SSSR count). The quantitative estimate of drug-likeness (QED) is 0.678. The van der Waals surface area contributed by atoms with Gasteiger partial charge >= 0.3 is 0 Å². The van der Waals surface area contributed by atoms with Crippen LogP contribution >= 0.6 is 0 Å². The number of aromatic nitrogens is 1. The van der Waals surface area contributed by atoms with Crippen LogP contribution < -0.4 is 10.1 Å². The first kappa shape index (κ1) is 20.6. The van der Waals surface area contributed by atoms with Crippen molar-refractivity contribution in [3.8, 4) is 17.5 Å². The van der Waals surface area contributed by atoms with Crippen LogP contribution in [0, 0.1) is 5.92 Å². The standard InChI is InChI=1S/C23H31N3O4/c1-23(2)12-17-4-3-5-18(22(17)30-23)14-25-10-8-16(9-11-25)13-24-19(27)15-26-20(28)6-7-21(26)29/h3-7,16,28-29H,8-15H2,1-2H3,(H,24,27). The zero-order chi connectivity index (χ0) is 21.3. The second-order valence-corrected chi connectivity index (χ2v) is 9.10. The number of para-hydroxylation sites is 1. The zero-order valence-electron chi connectivity index (χ0n) is 17.7. The van der Waals surface area contributed by atoms with E-state index >= 15 is 0 Å². The topological polar surface area (TPSA) is 87.0 Å². The highest BCUT2D eigenvalue weighted by Gasteiger charge is 2.32. The Hall–Kier alpha value is -2.67. The number of fused-ring (bicyclic) bond motifs is 1. The first-order valence-corrected chi connectivity index (χ1v) is 10.7. The third-order valence-corrected chi connectivity index (χ3v) is 6.10. The van der Waals surface area contributed by atoms with Gasteiger partial charge in [-0.3, -0.25) is 14.3 Å². The number of ether oxygens (including phenoxy) is 1. The van der Waals surface area contributed by atoms with Crippen molar-refractivity contribution in [2.45, 2.75) is 51.8 Å². The number of rotatable bonds is 6. The van der Waals surface area contributed by atoms with Crippen LogP contribution in [0.15, 0.2) is 30.3 Å². The van der Waals surface area contributed by atoms with Gasteiger partial charge in [-0.1, -0.05) is 18.2 Å². The number of aromatic hydroxyl groups is 2. The molecule has 0 unspecified atom stereocenters. The summed E-state index contributed by atoms with van der Waals surface area (Å²) in [6.45, 7) is 7.68. The maximum atomic E-state index is 12.1.